The number of rotatable bonds is 8. The number of anilines is 1. The Morgan fingerprint density at radius 3 is 2.43 bits per heavy atom. The molecule has 8 heteroatoms. The van der Waals surface area contributed by atoms with Crippen LogP contribution in [0.2, 0.25) is 0 Å². The number of carbonyl (C=O) groups excluding carboxylic acids is 1. The van der Waals surface area contributed by atoms with Crippen molar-refractivity contribution in [1.29, 1.82) is 0 Å². The van der Waals surface area contributed by atoms with Crippen LogP contribution in [-0.4, -0.2) is 39.2 Å². The van der Waals surface area contributed by atoms with Crippen molar-refractivity contribution in [2.45, 2.75) is 13.5 Å². The predicted octanol–water partition coefficient (Wildman–Crippen LogP) is 3.02. The molecule has 0 fully saturated rings. The maximum atomic E-state index is 11.1. The number of nitrogens with zero attached hydrogens (tertiary/aromatic N) is 1. The molecule has 0 radical (unpaired) electrons. The highest BCUT2D eigenvalue weighted by molar-refractivity contribution is 14.0. The minimum absolute atomic E-state index is 0. The van der Waals surface area contributed by atoms with Gasteiger partial charge in [0.2, 0.25) is 5.91 Å². The Labute approximate surface area is 182 Å². The summed E-state index contributed by atoms with van der Waals surface area (Å²) in [6.45, 7) is 3.19. The van der Waals surface area contributed by atoms with Gasteiger partial charge < -0.3 is 25.4 Å². The fourth-order valence-electron chi connectivity index (χ4n) is 2.38. The zero-order valence-corrected chi connectivity index (χ0v) is 18.7. The quantitative estimate of drug-likeness (QED) is 0.226. The lowest BCUT2D eigenvalue weighted by atomic mass is 10.2. The highest BCUT2D eigenvalue weighted by Crippen LogP contribution is 2.16. The summed E-state index contributed by atoms with van der Waals surface area (Å²) in [6, 6.07) is 15.1. The van der Waals surface area contributed by atoms with Gasteiger partial charge in [-0.2, -0.15) is 0 Å². The molecule has 3 N–H and O–H groups in total. The number of nitrogens with one attached hydrogen (secondary N) is 3. The summed E-state index contributed by atoms with van der Waals surface area (Å²) < 4.78 is 10.8. The molecule has 0 spiro atoms. The van der Waals surface area contributed by atoms with Crippen LogP contribution >= 0.6 is 24.0 Å². The van der Waals surface area contributed by atoms with E-state index in [4.69, 9.17) is 9.47 Å². The topological polar surface area (TPSA) is 84.0 Å². The maximum absolute atomic E-state index is 11.1. The van der Waals surface area contributed by atoms with E-state index in [0.717, 1.165) is 22.7 Å². The number of benzene rings is 2. The number of halogens is 1. The van der Waals surface area contributed by atoms with Crippen LogP contribution in [0.5, 0.6) is 11.5 Å². The van der Waals surface area contributed by atoms with Gasteiger partial charge in [-0.25, -0.2) is 0 Å². The normalized spacial score (nSPS) is 10.5. The average Bonchev–Trinajstić information content (AvgIpc) is 2.67. The molecule has 2 rings (SSSR count). The van der Waals surface area contributed by atoms with E-state index in [1.807, 2.05) is 48.5 Å². The minimum atomic E-state index is -0.0885. The number of hydrogen-bond donors (Lipinski definition) is 3. The van der Waals surface area contributed by atoms with E-state index in [1.165, 1.54) is 6.92 Å². The van der Waals surface area contributed by atoms with Crippen molar-refractivity contribution in [3.05, 3.63) is 54.1 Å². The summed E-state index contributed by atoms with van der Waals surface area (Å²) in [6.07, 6.45) is 0. The second-order valence-electron chi connectivity index (χ2n) is 5.76. The fraction of sp³-hybridized carbons (Fsp3) is 0.300. The molecular formula is C20H27IN4O3. The van der Waals surface area contributed by atoms with E-state index in [0.29, 0.717) is 25.7 Å². The third-order valence-electron chi connectivity index (χ3n) is 3.65. The lowest BCUT2D eigenvalue weighted by Crippen LogP contribution is -2.38. The largest absolute Gasteiger partial charge is 0.497 e. The number of methoxy groups -OCH3 is 1. The monoisotopic (exact) mass is 498 g/mol. The molecule has 0 saturated heterocycles. The van der Waals surface area contributed by atoms with Crippen LogP contribution in [0.3, 0.4) is 0 Å². The Kier molecular flexibility index (Phi) is 10.8. The molecule has 152 valence electrons. The molecule has 7 nitrogen and oxygen atoms in total. The number of aliphatic imine (C=N–C) groups is 1. The number of ether oxygens (including phenoxy) is 2. The molecule has 0 aliphatic carbocycles. The molecule has 0 heterocycles. The van der Waals surface area contributed by atoms with Crippen molar-refractivity contribution < 1.29 is 14.3 Å². The second kappa shape index (κ2) is 12.8. The summed E-state index contributed by atoms with van der Waals surface area (Å²) in [5.41, 5.74) is 1.82. The van der Waals surface area contributed by atoms with Gasteiger partial charge in [0.1, 0.15) is 18.1 Å². The van der Waals surface area contributed by atoms with Gasteiger partial charge in [0, 0.05) is 26.2 Å². The van der Waals surface area contributed by atoms with Crippen LogP contribution in [0.1, 0.15) is 12.5 Å². The third-order valence-corrected chi connectivity index (χ3v) is 3.65. The van der Waals surface area contributed by atoms with Gasteiger partial charge in [-0.1, -0.05) is 12.1 Å². The second-order valence-corrected chi connectivity index (χ2v) is 5.76. The highest BCUT2D eigenvalue weighted by Gasteiger charge is 2.01. The molecule has 2 aromatic carbocycles. The number of hydrogen-bond acceptors (Lipinski definition) is 4. The van der Waals surface area contributed by atoms with Crippen molar-refractivity contribution >= 4 is 41.5 Å². The minimum Gasteiger partial charge on any atom is -0.497 e. The maximum Gasteiger partial charge on any atom is 0.221 e. The van der Waals surface area contributed by atoms with E-state index in [2.05, 4.69) is 20.9 Å². The first-order valence-electron chi connectivity index (χ1n) is 8.68. The van der Waals surface area contributed by atoms with Crippen LogP contribution in [0.4, 0.5) is 5.69 Å². The summed E-state index contributed by atoms with van der Waals surface area (Å²) in [4.78, 5) is 15.3. The molecule has 0 aliphatic heterocycles. The Hall–Kier alpha value is -2.49. The molecular weight excluding hydrogens is 471 g/mol. The van der Waals surface area contributed by atoms with Gasteiger partial charge in [0.15, 0.2) is 5.96 Å². The van der Waals surface area contributed by atoms with E-state index < -0.39 is 0 Å². The van der Waals surface area contributed by atoms with E-state index in [-0.39, 0.29) is 29.9 Å². The van der Waals surface area contributed by atoms with Crippen molar-refractivity contribution in [2.75, 3.05) is 32.6 Å². The number of carbonyl (C=O) groups is 1. The molecule has 28 heavy (non-hydrogen) atoms. The van der Waals surface area contributed by atoms with Gasteiger partial charge >= 0.3 is 0 Å². The van der Waals surface area contributed by atoms with Crippen LogP contribution in [0.15, 0.2) is 53.5 Å². The van der Waals surface area contributed by atoms with Crippen molar-refractivity contribution in [2.24, 2.45) is 4.99 Å². The van der Waals surface area contributed by atoms with Crippen molar-refractivity contribution in [3.63, 3.8) is 0 Å². The van der Waals surface area contributed by atoms with Crippen LogP contribution < -0.4 is 25.4 Å². The highest BCUT2D eigenvalue weighted by atomic mass is 127. The van der Waals surface area contributed by atoms with E-state index in [1.54, 1.807) is 14.2 Å². The lowest BCUT2D eigenvalue weighted by molar-refractivity contribution is -0.114. The van der Waals surface area contributed by atoms with E-state index in [9.17, 15) is 4.79 Å². The summed E-state index contributed by atoms with van der Waals surface area (Å²) in [5, 5.41) is 9.21. The first kappa shape index (κ1) is 23.5. The Balaban J connectivity index is 0.00000392. The van der Waals surface area contributed by atoms with Gasteiger partial charge in [-0.15, -0.1) is 24.0 Å². The molecule has 0 atom stereocenters. The summed E-state index contributed by atoms with van der Waals surface area (Å²) >= 11 is 0. The Morgan fingerprint density at radius 1 is 1.07 bits per heavy atom. The zero-order chi connectivity index (χ0) is 19.5. The summed E-state index contributed by atoms with van der Waals surface area (Å²) in [5.74, 6) is 2.18. The Morgan fingerprint density at radius 2 is 1.79 bits per heavy atom. The third kappa shape index (κ3) is 8.47. The van der Waals surface area contributed by atoms with Crippen LogP contribution in [0.25, 0.3) is 0 Å². The first-order chi connectivity index (χ1) is 13.1. The molecule has 0 aliphatic rings. The van der Waals surface area contributed by atoms with Gasteiger partial charge in [0.25, 0.3) is 0 Å². The van der Waals surface area contributed by atoms with Gasteiger partial charge in [0.05, 0.1) is 13.7 Å². The standard InChI is InChI=1S/C20H26N4O3.HI/c1-15(25)24-17-6-4-5-16(13-17)14-23-20(21-2)22-11-12-27-19-9-7-18(26-3)8-10-19;/h4-10,13H,11-12,14H2,1-3H3,(H,24,25)(H2,21,22,23);1H. The van der Waals surface area contributed by atoms with Crippen molar-refractivity contribution in [1.82, 2.24) is 10.6 Å². The number of amides is 1. The smallest absolute Gasteiger partial charge is 0.221 e. The van der Waals surface area contributed by atoms with Gasteiger partial charge in [-0.05, 0) is 42.0 Å². The molecule has 0 bridgehead atoms. The molecule has 0 saturated carbocycles. The molecule has 2 aromatic rings. The Bertz CT molecular complexity index is 766. The van der Waals surface area contributed by atoms with Crippen molar-refractivity contribution in [3.8, 4) is 11.5 Å². The predicted molar refractivity (Wildman–Crippen MR) is 123 cm³/mol. The van der Waals surface area contributed by atoms with Crippen LogP contribution in [0, 0.1) is 0 Å². The lowest BCUT2D eigenvalue weighted by Gasteiger charge is -2.13. The zero-order valence-electron chi connectivity index (χ0n) is 16.3. The number of guanidine groups is 1. The molecule has 0 aromatic heterocycles. The fourth-order valence-corrected chi connectivity index (χ4v) is 2.38. The molecule has 0 unspecified atom stereocenters. The average molecular weight is 498 g/mol. The van der Waals surface area contributed by atoms with Gasteiger partial charge in [-0.3, -0.25) is 9.79 Å². The van der Waals surface area contributed by atoms with E-state index >= 15 is 0 Å². The SMILES string of the molecule is CN=C(NCCOc1ccc(OC)cc1)NCc1cccc(NC(C)=O)c1.I. The summed E-state index contributed by atoms with van der Waals surface area (Å²) in [7, 11) is 3.35. The molecule has 1 amide bonds. The van der Waals surface area contributed by atoms with Crippen LogP contribution in [-0.2, 0) is 11.3 Å². The first-order valence-corrected chi connectivity index (χ1v) is 8.68.